The molecule has 0 radical (unpaired) electrons. The van der Waals surface area contributed by atoms with E-state index < -0.39 is 15.9 Å². The number of anilines is 1. The average Bonchev–Trinajstić information content (AvgIpc) is 2.55. The summed E-state index contributed by atoms with van der Waals surface area (Å²) in [4.78, 5) is 12.0. The molecule has 2 aromatic carbocycles. The van der Waals surface area contributed by atoms with Gasteiger partial charge in [0.2, 0.25) is 15.9 Å². The molecule has 0 unspecified atom stereocenters. The lowest BCUT2D eigenvalue weighted by Crippen LogP contribution is -2.33. The number of carbonyl (C=O) groups excluding carboxylic acids is 1. The zero-order chi connectivity index (χ0) is 17.7. The second kappa shape index (κ2) is 7.79. The summed E-state index contributed by atoms with van der Waals surface area (Å²) >= 11 is 5.95. The van der Waals surface area contributed by atoms with Gasteiger partial charge in [-0.2, -0.15) is 0 Å². The smallest absolute Gasteiger partial charge is 0.241 e. The van der Waals surface area contributed by atoms with Crippen LogP contribution in [0.3, 0.4) is 0 Å². The number of nitrogens with one attached hydrogen (secondary N) is 2. The number of hydrogen-bond acceptors (Lipinski definition) is 3. The Bertz CT molecular complexity index is 851. The molecule has 2 N–H and O–H groups in total. The van der Waals surface area contributed by atoms with Crippen LogP contribution in [0.25, 0.3) is 0 Å². The molecule has 0 atom stereocenters. The van der Waals surface area contributed by atoms with Crippen LogP contribution in [0.15, 0.2) is 47.4 Å². The number of rotatable bonds is 6. The number of hydrogen-bond donors (Lipinski definition) is 2. The van der Waals surface area contributed by atoms with E-state index in [0.29, 0.717) is 16.3 Å². The van der Waals surface area contributed by atoms with Crippen molar-refractivity contribution in [1.82, 2.24) is 4.72 Å². The van der Waals surface area contributed by atoms with Crippen LogP contribution < -0.4 is 10.0 Å². The Labute approximate surface area is 147 Å². The van der Waals surface area contributed by atoms with Crippen LogP contribution in [-0.2, 0) is 21.2 Å². The summed E-state index contributed by atoms with van der Waals surface area (Å²) in [6.45, 7) is 3.28. The van der Waals surface area contributed by atoms with E-state index in [-0.39, 0.29) is 11.4 Å². The molecular formula is C17H19ClN2O3S. The van der Waals surface area contributed by atoms with Gasteiger partial charge < -0.3 is 5.32 Å². The van der Waals surface area contributed by atoms with Gasteiger partial charge in [-0.15, -0.1) is 0 Å². The van der Waals surface area contributed by atoms with Crippen LogP contribution in [0.4, 0.5) is 5.69 Å². The van der Waals surface area contributed by atoms with E-state index in [2.05, 4.69) is 10.0 Å². The van der Waals surface area contributed by atoms with Gasteiger partial charge in [-0.1, -0.05) is 36.7 Å². The number of halogens is 1. The van der Waals surface area contributed by atoms with E-state index in [0.717, 1.165) is 12.0 Å². The molecule has 0 aliphatic heterocycles. The van der Waals surface area contributed by atoms with Crippen molar-refractivity contribution in [3.63, 3.8) is 0 Å². The van der Waals surface area contributed by atoms with E-state index in [1.807, 2.05) is 25.1 Å². The predicted octanol–water partition coefficient (Wildman–Crippen LogP) is 3.13. The summed E-state index contributed by atoms with van der Waals surface area (Å²) in [5.74, 6) is -0.438. The largest absolute Gasteiger partial charge is 0.325 e. The molecule has 0 heterocycles. The molecule has 0 spiro atoms. The fraction of sp³-hybridized carbons (Fsp3) is 0.235. The lowest BCUT2D eigenvalue weighted by atomic mass is 10.1. The first kappa shape index (κ1) is 18.4. The zero-order valence-electron chi connectivity index (χ0n) is 13.5. The van der Waals surface area contributed by atoms with Crippen molar-refractivity contribution in [2.24, 2.45) is 0 Å². The first-order chi connectivity index (χ1) is 11.3. The van der Waals surface area contributed by atoms with E-state index in [1.165, 1.54) is 6.07 Å². The van der Waals surface area contributed by atoms with Gasteiger partial charge in [-0.05, 0) is 48.7 Å². The molecule has 0 saturated carbocycles. The lowest BCUT2D eigenvalue weighted by Gasteiger charge is -2.11. The minimum atomic E-state index is -3.81. The monoisotopic (exact) mass is 366 g/mol. The minimum absolute atomic E-state index is 0.0655. The van der Waals surface area contributed by atoms with Crippen LogP contribution in [0.5, 0.6) is 0 Å². The summed E-state index contributed by atoms with van der Waals surface area (Å²) in [6.07, 6.45) is 0.852. The van der Waals surface area contributed by atoms with Gasteiger partial charge in [0.15, 0.2) is 0 Å². The van der Waals surface area contributed by atoms with Gasteiger partial charge in [0.25, 0.3) is 0 Å². The molecule has 24 heavy (non-hydrogen) atoms. The van der Waals surface area contributed by atoms with Crippen molar-refractivity contribution in [2.75, 3.05) is 11.9 Å². The van der Waals surface area contributed by atoms with E-state index in [4.69, 9.17) is 11.6 Å². The average molecular weight is 367 g/mol. The van der Waals surface area contributed by atoms with Crippen LogP contribution in [0, 0.1) is 6.92 Å². The van der Waals surface area contributed by atoms with Crippen molar-refractivity contribution < 1.29 is 13.2 Å². The summed E-state index contributed by atoms with van der Waals surface area (Å²) in [5.41, 5.74) is 2.17. The molecule has 2 rings (SSSR count). The molecule has 0 aliphatic carbocycles. The minimum Gasteiger partial charge on any atom is -0.325 e. The molecule has 0 bridgehead atoms. The topological polar surface area (TPSA) is 75.3 Å². The molecule has 1 amide bonds. The maximum absolute atomic E-state index is 12.3. The Morgan fingerprint density at radius 1 is 1.17 bits per heavy atom. The lowest BCUT2D eigenvalue weighted by molar-refractivity contribution is -0.115. The number of aryl methyl sites for hydroxylation is 1. The molecular weight excluding hydrogens is 348 g/mol. The highest BCUT2D eigenvalue weighted by molar-refractivity contribution is 7.89. The van der Waals surface area contributed by atoms with Crippen LogP contribution in [-0.4, -0.2) is 20.9 Å². The predicted molar refractivity (Wildman–Crippen MR) is 95.8 cm³/mol. The number of carbonyl (C=O) groups is 1. The van der Waals surface area contributed by atoms with E-state index >= 15 is 0 Å². The molecule has 128 valence electrons. The molecule has 0 aromatic heterocycles. The Kier molecular flexibility index (Phi) is 5.99. The molecule has 7 heteroatoms. The number of benzene rings is 2. The third kappa shape index (κ3) is 4.56. The molecule has 0 fully saturated rings. The van der Waals surface area contributed by atoms with Crippen LogP contribution in [0.1, 0.15) is 18.1 Å². The highest BCUT2D eigenvalue weighted by Gasteiger charge is 2.19. The highest BCUT2D eigenvalue weighted by atomic mass is 35.5. The first-order valence-electron chi connectivity index (χ1n) is 7.47. The summed E-state index contributed by atoms with van der Waals surface area (Å²) < 4.78 is 26.9. The van der Waals surface area contributed by atoms with Gasteiger partial charge in [0.1, 0.15) is 0 Å². The van der Waals surface area contributed by atoms with Gasteiger partial charge in [0, 0.05) is 10.7 Å². The standard InChI is InChI=1S/C17H19ClN2O3S/c1-3-13-6-4-7-14(10-13)20-17(21)11-19-24(22,23)16-9-5-8-15(18)12(16)2/h4-10,19H,3,11H2,1-2H3,(H,20,21). The van der Waals surface area contributed by atoms with Crippen LogP contribution >= 0.6 is 11.6 Å². The van der Waals surface area contributed by atoms with Crippen molar-refractivity contribution in [2.45, 2.75) is 25.2 Å². The third-order valence-electron chi connectivity index (χ3n) is 3.55. The SMILES string of the molecule is CCc1cccc(NC(=O)CNS(=O)(=O)c2cccc(Cl)c2C)c1. The fourth-order valence-corrected chi connectivity index (χ4v) is 3.67. The van der Waals surface area contributed by atoms with Crippen LogP contribution in [0.2, 0.25) is 5.02 Å². The maximum Gasteiger partial charge on any atom is 0.241 e. The zero-order valence-corrected chi connectivity index (χ0v) is 15.0. The van der Waals surface area contributed by atoms with Gasteiger partial charge in [0.05, 0.1) is 11.4 Å². The van der Waals surface area contributed by atoms with E-state index in [9.17, 15) is 13.2 Å². The summed E-state index contributed by atoms with van der Waals surface area (Å²) in [7, 11) is -3.81. The third-order valence-corrected chi connectivity index (χ3v) is 5.50. The Morgan fingerprint density at radius 2 is 1.88 bits per heavy atom. The second-order valence-corrected chi connectivity index (χ2v) is 7.43. The van der Waals surface area contributed by atoms with Crippen molar-refractivity contribution in [1.29, 1.82) is 0 Å². The number of sulfonamides is 1. The molecule has 2 aromatic rings. The van der Waals surface area contributed by atoms with Gasteiger partial charge >= 0.3 is 0 Å². The second-order valence-electron chi connectivity index (χ2n) is 5.29. The van der Waals surface area contributed by atoms with Crippen molar-refractivity contribution >= 4 is 33.2 Å². The molecule has 0 aliphatic rings. The van der Waals surface area contributed by atoms with Gasteiger partial charge in [-0.25, -0.2) is 13.1 Å². The molecule has 5 nitrogen and oxygen atoms in total. The summed E-state index contributed by atoms with van der Waals surface area (Å²) in [6, 6.07) is 12.0. The number of amides is 1. The Hall–Kier alpha value is -1.89. The van der Waals surface area contributed by atoms with Crippen molar-refractivity contribution in [3.05, 3.63) is 58.6 Å². The first-order valence-corrected chi connectivity index (χ1v) is 9.33. The maximum atomic E-state index is 12.3. The van der Waals surface area contributed by atoms with E-state index in [1.54, 1.807) is 25.1 Å². The normalized spacial score (nSPS) is 11.3. The quantitative estimate of drug-likeness (QED) is 0.824. The Morgan fingerprint density at radius 3 is 2.58 bits per heavy atom. The molecule has 0 saturated heterocycles. The fourth-order valence-electron chi connectivity index (χ4n) is 2.19. The summed E-state index contributed by atoms with van der Waals surface area (Å²) in [5, 5.41) is 3.03. The van der Waals surface area contributed by atoms with Crippen molar-refractivity contribution in [3.8, 4) is 0 Å². The Balaban J connectivity index is 2.03. The van der Waals surface area contributed by atoms with Gasteiger partial charge in [-0.3, -0.25) is 4.79 Å². The highest BCUT2D eigenvalue weighted by Crippen LogP contribution is 2.22.